The van der Waals surface area contributed by atoms with Gasteiger partial charge in [0.05, 0.1) is 47.4 Å². The van der Waals surface area contributed by atoms with Gasteiger partial charge in [0, 0.05) is 37.0 Å². The minimum absolute atomic E-state index is 0. The first-order valence-corrected chi connectivity index (χ1v) is 19.3. The van der Waals surface area contributed by atoms with Crippen molar-refractivity contribution in [1.82, 2.24) is 19.9 Å². The lowest BCUT2D eigenvalue weighted by Crippen LogP contribution is -2.27. The number of ether oxygens (including phenoxy) is 2. The van der Waals surface area contributed by atoms with Crippen LogP contribution in [0.4, 0.5) is 11.6 Å². The van der Waals surface area contributed by atoms with E-state index in [9.17, 15) is 9.59 Å². The van der Waals surface area contributed by atoms with E-state index in [2.05, 4.69) is 23.8 Å². The smallest absolute Gasteiger partial charge is 0.465 e. The number of carbonyl (C=O) groups is 2. The molecule has 0 bridgehead atoms. The second-order valence-electron chi connectivity index (χ2n) is 14.2. The van der Waals surface area contributed by atoms with E-state index in [1.165, 1.54) is 14.2 Å². The van der Waals surface area contributed by atoms with Gasteiger partial charge in [0.2, 0.25) is 0 Å². The molecular weight excluding hydrogens is 811 g/mol. The van der Waals surface area contributed by atoms with E-state index < -0.39 is 19.1 Å². The zero-order chi connectivity index (χ0) is 43.2. The van der Waals surface area contributed by atoms with Crippen molar-refractivity contribution in [3.63, 3.8) is 0 Å². The molecule has 0 saturated carbocycles. The number of para-hydroxylation sites is 2. The second-order valence-corrected chi connectivity index (χ2v) is 14.6. The number of halogens is 1. The summed E-state index contributed by atoms with van der Waals surface area (Å²) in [7, 11) is 5.05. The van der Waals surface area contributed by atoms with Crippen molar-refractivity contribution in [2.24, 2.45) is 0 Å². The quantitative estimate of drug-likeness (QED) is 0.109. The number of furan rings is 2. The molecule has 0 saturated heterocycles. The average Bonchev–Trinajstić information content (AvgIpc) is 3.90. The van der Waals surface area contributed by atoms with Crippen molar-refractivity contribution in [3.8, 4) is 11.5 Å². The van der Waals surface area contributed by atoms with Crippen LogP contribution in [0.5, 0.6) is 0 Å². The van der Waals surface area contributed by atoms with Crippen LogP contribution >= 0.6 is 11.6 Å². The van der Waals surface area contributed by atoms with Gasteiger partial charge in [0.1, 0.15) is 22.5 Å². The summed E-state index contributed by atoms with van der Waals surface area (Å²) in [6.45, 7) is 8.23. The fourth-order valence-electron chi connectivity index (χ4n) is 5.91. The monoisotopic (exact) mass is 862 g/mol. The third-order valence-electron chi connectivity index (χ3n) is 9.67. The molecule has 324 valence electrons. The molecule has 2 N–H and O–H groups in total. The molecule has 0 amide bonds. The van der Waals surface area contributed by atoms with E-state index >= 15 is 0 Å². The molecule has 0 fully saturated rings. The molecule has 4 aromatic heterocycles. The van der Waals surface area contributed by atoms with Crippen LogP contribution in [0.3, 0.4) is 0 Å². The highest BCUT2D eigenvalue weighted by Crippen LogP contribution is 2.34. The summed E-state index contributed by atoms with van der Waals surface area (Å²) >= 11 is 6.16. The Bertz CT molecular complexity index is 2740. The van der Waals surface area contributed by atoms with Crippen LogP contribution in [0.15, 0.2) is 106 Å². The maximum atomic E-state index is 11.9. The summed E-state index contributed by atoms with van der Waals surface area (Å²) in [5.74, 6) is 1.15. The highest BCUT2D eigenvalue weighted by atomic mass is 35.5. The summed E-state index contributed by atoms with van der Waals surface area (Å²) in [5, 5.41) is 19.8. The van der Waals surface area contributed by atoms with Crippen LogP contribution in [-0.4, -0.2) is 89.4 Å². The zero-order valence-electron chi connectivity index (χ0n) is 34.4. The van der Waals surface area contributed by atoms with Crippen molar-refractivity contribution in [2.75, 3.05) is 38.1 Å². The van der Waals surface area contributed by atoms with Crippen LogP contribution in [0.2, 0.25) is 5.15 Å². The minimum atomic E-state index is -1.53. The largest absolute Gasteiger partial charge is 0.526 e. The number of nitrogens with zero attached hydrogens (tertiary/aromatic N) is 6. The maximum absolute atomic E-state index is 11.9. The Morgan fingerprint density at radius 3 is 1.58 bits per heavy atom. The van der Waals surface area contributed by atoms with Crippen molar-refractivity contribution >= 4 is 92.0 Å². The molecule has 0 aliphatic heterocycles. The van der Waals surface area contributed by atoms with Gasteiger partial charge < -0.3 is 38.2 Å². The highest BCUT2D eigenvalue weighted by Gasteiger charge is 2.21. The van der Waals surface area contributed by atoms with Gasteiger partial charge in [-0.1, -0.05) is 62.9 Å². The van der Waals surface area contributed by atoms with Gasteiger partial charge in [0.15, 0.2) is 22.5 Å². The average molecular weight is 863 g/mol. The van der Waals surface area contributed by atoms with Crippen LogP contribution in [0.1, 0.15) is 63.3 Å². The first kappa shape index (κ1) is 48.1. The van der Waals surface area contributed by atoms with Gasteiger partial charge in [-0.3, -0.25) is 0 Å². The molecule has 8 rings (SSSR count). The van der Waals surface area contributed by atoms with Gasteiger partial charge in [-0.05, 0) is 88.4 Å². The van der Waals surface area contributed by atoms with Gasteiger partial charge in [-0.15, -0.1) is 0 Å². The molecule has 62 heavy (non-hydrogen) atoms. The third-order valence-corrected chi connectivity index (χ3v) is 9.92. The van der Waals surface area contributed by atoms with E-state index in [4.69, 9.17) is 49.9 Å². The fraction of sp³-hybridized carbons (Fsp3) is 0.261. The summed E-state index contributed by atoms with van der Waals surface area (Å²) in [4.78, 5) is 45.8. The Hall–Kier alpha value is -6.55. The van der Waals surface area contributed by atoms with E-state index in [1.54, 1.807) is 48.5 Å². The van der Waals surface area contributed by atoms with Crippen LogP contribution in [0.25, 0.3) is 55.5 Å². The number of rotatable bonds is 8. The lowest BCUT2D eigenvalue weighted by molar-refractivity contribution is 0.0592. The molecule has 0 radical (unpaired) electrons. The number of esters is 2. The number of anilines is 2. The zero-order valence-corrected chi connectivity index (χ0v) is 35.1. The molecule has 8 aromatic rings. The Labute approximate surface area is 366 Å². The molecule has 0 atom stereocenters. The molecule has 0 spiro atoms. The summed E-state index contributed by atoms with van der Waals surface area (Å²) < 4.78 is 20.7. The predicted molar refractivity (Wildman–Crippen MR) is 249 cm³/mol. The predicted octanol–water partition coefficient (Wildman–Crippen LogP) is 8.97. The van der Waals surface area contributed by atoms with Crippen molar-refractivity contribution in [2.45, 2.75) is 54.6 Å². The normalized spacial score (nSPS) is 10.7. The summed E-state index contributed by atoms with van der Waals surface area (Å²) in [6, 6.07) is 29.4. The number of methoxy groups -OCH3 is 2. The standard InChI is InChI=1S/C22H21N3O3.C14H16ClN3O2.C8H7BO3.2CH4/c1-13(2)25(3)21-20(19-12-14-7-5-6-8-18(14)28-19)23-16-10-9-15(22(26)27-4)11-17(16)24-21;1-8(2)18(3)13-12(15)16-10-6-5-9(14(19)20-4)7-11(10)17-13;10-9(11)8-5-6-3-1-2-4-7(6)12-8;;/h5-13H,1-4H3;5-8H,1-4H3;1-5,10-11H;2*1H4. The summed E-state index contributed by atoms with van der Waals surface area (Å²) in [5.41, 5.74) is 5.77. The number of fused-ring (bicyclic) bond motifs is 4. The topological polar surface area (TPSA) is 177 Å². The van der Waals surface area contributed by atoms with Gasteiger partial charge in [-0.25, -0.2) is 29.5 Å². The first-order chi connectivity index (χ1) is 28.7. The molecule has 0 aliphatic rings. The molecule has 14 nitrogen and oxygen atoms in total. The SMILES string of the molecule is C.C.COC(=O)c1ccc2nc(-c3cc4ccccc4o3)c(N(C)C(C)C)nc2c1.COC(=O)c1ccc2nc(Cl)c(N(C)C(C)C)nc2c1.OB(O)c1cc2ccccc2o1. The molecule has 4 heterocycles. The number of carbonyl (C=O) groups excluding carboxylic acids is 2. The van der Waals surface area contributed by atoms with Crippen LogP contribution in [0, 0.1) is 0 Å². The van der Waals surface area contributed by atoms with E-state index in [-0.39, 0.29) is 32.6 Å². The van der Waals surface area contributed by atoms with Crippen molar-refractivity contribution < 1.29 is 37.9 Å². The Morgan fingerprint density at radius 1 is 0.629 bits per heavy atom. The third kappa shape index (κ3) is 10.7. The van der Waals surface area contributed by atoms with Crippen LogP contribution < -0.4 is 15.5 Å². The van der Waals surface area contributed by atoms with E-state index in [0.29, 0.717) is 67.0 Å². The van der Waals surface area contributed by atoms with Gasteiger partial charge in [0.25, 0.3) is 0 Å². The Morgan fingerprint density at radius 2 is 1.10 bits per heavy atom. The number of aromatic nitrogens is 4. The molecule has 0 unspecified atom stereocenters. The van der Waals surface area contributed by atoms with Crippen molar-refractivity contribution in [3.05, 3.63) is 113 Å². The Balaban J connectivity index is 0.000000217. The van der Waals surface area contributed by atoms with Gasteiger partial charge in [-0.2, -0.15) is 0 Å². The van der Waals surface area contributed by atoms with Gasteiger partial charge >= 0.3 is 19.1 Å². The maximum Gasteiger partial charge on any atom is 0.526 e. The molecular formula is C46H52BClN6O8. The Kier molecular flexibility index (Phi) is 16.2. The molecule has 16 heteroatoms. The van der Waals surface area contributed by atoms with E-state index in [0.717, 1.165) is 16.4 Å². The van der Waals surface area contributed by atoms with E-state index in [1.807, 2.05) is 86.3 Å². The van der Waals surface area contributed by atoms with Crippen molar-refractivity contribution in [1.29, 1.82) is 0 Å². The number of hydrogen-bond donors (Lipinski definition) is 2. The summed E-state index contributed by atoms with van der Waals surface area (Å²) in [6.07, 6.45) is 0. The lowest BCUT2D eigenvalue weighted by atomic mass is 9.88. The van der Waals surface area contributed by atoms with Crippen LogP contribution in [-0.2, 0) is 9.47 Å². The molecule has 4 aromatic carbocycles. The first-order valence-electron chi connectivity index (χ1n) is 18.9. The highest BCUT2D eigenvalue weighted by molar-refractivity contribution is 6.57. The lowest BCUT2D eigenvalue weighted by Gasteiger charge is -2.24. The number of hydrogen-bond acceptors (Lipinski definition) is 14. The fourth-order valence-corrected chi connectivity index (χ4v) is 6.18. The number of benzene rings is 4. The molecule has 0 aliphatic carbocycles. The second kappa shape index (κ2) is 20.8. The minimum Gasteiger partial charge on any atom is -0.465 e.